The number of nitrogens with one attached hydrogen (secondary N) is 2. The van der Waals surface area contributed by atoms with Gasteiger partial charge in [0.15, 0.2) is 0 Å². The second kappa shape index (κ2) is 7.24. The number of amides is 1. The minimum atomic E-state index is -0.102. The van der Waals surface area contributed by atoms with Crippen LogP contribution in [0.3, 0.4) is 0 Å². The molecule has 0 spiro atoms. The van der Waals surface area contributed by atoms with Crippen LogP contribution in [0.5, 0.6) is 0 Å². The lowest BCUT2D eigenvalue weighted by atomic mass is 10.0. The Labute approximate surface area is 120 Å². The summed E-state index contributed by atoms with van der Waals surface area (Å²) in [7, 11) is 0. The van der Waals surface area contributed by atoms with Crippen LogP contribution in [0, 0.1) is 0 Å². The first kappa shape index (κ1) is 14.8. The average molecular weight is 276 g/mol. The van der Waals surface area contributed by atoms with Crippen LogP contribution in [0.15, 0.2) is 18.3 Å². The van der Waals surface area contributed by atoms with Gasteiger partial charge < -0.3 is 15.5 Å². The average Bonchev–Trinajstić information content (AvgIpc) is 2.48. The van der Waals surface area contributed by atoms with Crippen molar-refractivity contribution in [1.29, 1.82) is 0 Å². The summed E-state index contributed by atoms with van der Waals surface area (Å²) in [5.74, 6) is -0.102. The molecule has 1 saturated heterocycles. The zero-order chi connectivity index (χ0) is 14.4. The van der Waals surface area contributed by atoms with Gasteiger partial charge in [-0.1, -0.05) is 6.92 Å². The molecule has 5 heteroatoms. The van der Waals surface area contributed by atoms with E-state index in [2.05, 4.69) is 27.4 Å². The molecule has 1 aromatic heterocycles. The lowest BCUT2D eigenvalue weighted by molar-refractivity contribution is 0.0951. The van der Waals surface area contributed by atoms with Gasteiger partial charge in [0.2, 0.25) is 0 Å². The van der Waals surface area contributed by atoms with Crippen LogP contribution in [0.25, 0.3) is 0 Å². The summed E-state index contributed by atoms with van der Waals surface area (Å²) in [6, 6.07) is 4.41. The molecule has 1 amide bonds. The van der Waals surface area contributed by atoms with E-state index in [0.717, 1.165) is 25.3 Å². The van der Waals surface area contributed by atoms with Crippen LogP contribution < -0.4 is 15.5 Å². The van der Waals surface area contributed by atoms with E-state index in [1.165, 1.54) is 12.8 Å². The van der Waals surface area contributed by atoms with Crippen molar-refractivity contribution in [2.45, 2.75) is 32.7 Å². The Kier molecular flexibility index (Phi) is 5.35. The zero-order valence-electron chi connectivity index (χ0n) is 12.4. The summed E-state index contributed by atoms with van der Waals surface area (Å²) in [6.45, 7) is 7.70. The minimum absolute atomic E-state index is 0.102. The van der Waals surface area contributed by atoms with Gasteiger partial charge in [0.05, 0.1) is 0 Å². The molecule has 110 valence electrons. The molecule has 0 radical (unpaired) electrons. The number of rotatable bonds is 5. The number of hydrogen-bond donors (Lipinski definition) is 2. The van der Waals surface area contributed by atoms with Gasteiger partial charge >= 0.3 is 0 Å². The van der Waals surface area contributed by atoms with Crippen molar-refractivity contribution in [2.24, 2.45) is 0 Å². The molecule has 1 aromatic rings. The Balaban J connectivity index is 2.08. The number of aromatic nitrogens is 1. The molecule has 0 aliphatic carbocycles. The summed E-state index contributed by atoms with van der Waals surface area (Å²) in [4.78, 5) is 18.3. The van der Waals surface area contributed by atoms with Gasteiger partial charge in [-0.3, -0.25) is 9.78 Å². The summed E-state index contributed by atoms with van der Waals surface area (Å²) >= 11 is 0. The predicted octanol–water partition coefficient (Wildman–Crippen LogP) is 1.41. The van der Waals surface area contributed by atoms with E-state index in [9.17, 15) is 4.79 Å². The quantitative estimate of drug-likeness (QED) is 0.854. The fourth-order valence-corrected chi connectivity index (χ4v) is 2.66. The molecule has 1 aliphatic heterocycles. The van der Waals surface area contributed by atoms with E-state index in [1.807, 2.05) is 19.1 Å². The fourth-order valence-electron chi connectivity index (χ4n) is 2.66. The lowest BCUT2D eigenvalue weighted by Gasteiger charge is -2.34. The van der Waals surface area contributed by atoms with E-state index in [4.69, 9.17) is 0 Å². The number of carbonyl (C=O) groups excluding carboxylic acids is 1. The number of likely N-dealkylation sites (N-methyl/N-ethyl adjacent to an activating group) is 1. The monoisotopic (exact) mass is 276 g/mol. The van der Waals surface area contributed by atoms with Crippen LogP contribution in [0.1, 0.15) is 37.2 Å². The third kappa shape index (κ3) is 3.70. The summed E-state index contributed by atoms with van der Waals surface area (Å²) < 4.78 is 0. The molecule has 2 rings (SSSR count). The van der Waals surface area contributed by atoms with Crippen LogP contribution in [-0.2, 0) is 0 Å². The smallest absolute Gasteiger partial charge is 0.269 e. The van der Waals surface area contributed by atoms with Crippen molar-refractivity contribution in [2.75, 3.05) is 31.1 Å². The Morgan fingerprint density at radius 2 is 2.30 bits per heavy atom. The van der Waals surface area contributed by atoms with Crippen molar-refractivity contribution >= 4 is 11.6 Å². The third-order valence-electron chi connectivity index (χ3n) is 3.59. The predicted molar refractivity (Wildman–Crippen MR) is 81.2 cm³/mol. The Hall–Kier alpha value is -1.62. The lowest BCUT2D eigenvalue weighted by Crippen LogP contribution is -2.45. The molecule has 0 aromatic carbocycles. The first-order valence-electron chi connectivity index (χ1n) is 7.47. The van der Waals surface area contributed by atoms with E-state index in [-0.39, 0.29) is 5.91 Å². The van der Waals surface area contributed by atoms with Crippen molar-refractivity contribution in [3.05, 3.63) is 24.0 Å². The highest BCUT2D eigenvalue weighted by molar-refractivity contribution is 5.93. The van der Waals surface area contributed by atoms with Gasteiger partial charge in [0.1, 0.15) is 5.69 Å². The van der Waals surface area contributed by atoms with Gasteiger partial charge in [0, 0.05) is 37.6 Å². The first-order chi connectivity index (χ1) is 9.74. The SMILES string of the molecule is CCNC(=O)c1cc(N2CCCC(NCC)C2)ccn1. The highest BCUT2D eigenvalue weighted by Gasteiger charge is 2.20. The van der Waals surface area contributed by atoms with Crippen LogP contribution in [0.2, 0.25) is 0 Å². The summed E-state index contributed by atoms with van der Waals surface area (Å²) in [5, 5.41) is 6.29. The van der Waals surface area contributed by atoms with Crippen LogP contribution >= 0.6 is 0 Å². The number of hydrogen-bond acceptors (Lipinski definition) is 4. The fraction of sp³-hybridized carbons (Fsp3) is 0.600. The third-order valence-corrected chi connectivity index (χ3v) is 3.59. The number of carbonyl (C=O) groups is 1. The Morgan fingerprint density at radius 1 is 1.45 bits per heavy atom. The van der Waals surface area contributed by atoms with Crippen molar-refractivity contribution in [1.82, 2.24) is 15.6 Å². The number of pyridine rings is 1. The molecule has 0 bridgehead atoms. The number of nitrogens with zero attached hydrogens (tertiary/aromatic N) is 2. The van der Waals surface area contributed by atoms with Gasteiger partial charge in [-0.15, -0.1) is 0 Å². The molecule has 1 unspecified atom stereocenters. The number of anilines is 1. The molecule has 1 fully saturated rings. The van der Waals surface area contributed by atoms with Gasteiger partial charge in [-0.05, 0) is 38.4 Å². The normalized spacial score (nSPS) is 18.9. The maximum Gasteiger partial charge on any atom is 0.269 e. The second-order valence-electron chi connectivity index (χ2n) is 5.10. The van der Waals surface area contributed by atoms with E-state index in [1.54, 1.807) is 6.20 Å². The molecule has 5 nitrogen and oxygen atoms in total. The van der Waals surface area contributed by atoms with Crippen molar-refractivity contribution in [3.63, 3.8) is 0 Å². The maximum absolute atomic E-state index is 11.8. The largest absolute Gasteiger partial charge is 0.370 e. The van der Waals surface area contributed by atoms with Crippen LogP contribution in [-0.4, -0.2) is 43.1 Å². The van der Waals surface area contributed by atoms with E-state index < -0.39 is 0 Å². The van der Waals surface area contributed by atoms with Crippen LogP contribution in [0.4, 0.5) is 5.69 Å². The van der Waals surface area contributed by atoms with Gasteiger partial charge in [-0.25, -0.2) is 0 Å². The molecule has 2 heterocycles. The van der Waals surface area contributed by atoms with E-state index in [0.29, 0.717) is 18.3 Å². The molecule has 1 atom stereocenters. The maximum atomic E-state index is 11.8. The molecular weight excluding hydrogens is 252 g/mol. The molecule has 1 aliphatic rings. The first-order valence-corrected chi connectivity index (χ1v) is 7.47. The molecular formula is C15H24N4O. The standard InChI is InChI=1S/C15H24N4O/c1-3-16-12-6-5-9-19(11-12)13-7-8-18-14(10-13)15(20)17-4-2/h7-8,10,12,16H,3-6,9,11H2,1-2H3,(H,17,20). The van der Waals surface area contributed by atoms with Gasteiger partial charge in [-0.2, -0.15) is 0 Å². The highest BCUT2D eigenvalue weighted by Crippen LogP contribution is 2.20. The Bertz CT molecular complexity index is 447. The van der Waals surface area contributed by atoms with Crippen molar-refractivity contribution in [3.8, 4) is 0 Å². The minimum Gasteiger partial charge on any atom is -0.370 e. The summed E-state index contributed by atoms with van der Waals surface area (Å²) in [6.07, 6.45) is 4.12. The molecule has 2 N–H and O–H groups in total. The zero-order valence-corrected chi connectivity index (χ0v) is 12.4. The molecule has 0 saturated carbocycles. The number of piperidine rings is 1. The second-order valence-corrected chi connectivity index (χ2v) is 5.10. The topological polar surface area (TPSA) is 57.3 Å². The summed E-state index contributed by atoms with van der Waals surface area (Å²) in [5.41, 5.74) is 1.58. The van der Waals surface area contributed by atoms with E-state index >= 15 is 0 Å². The Morgan fingerprint density at radius 3 is 3.05 bits per heavy atom. The van der Waals surface area contributed by atoms with Crippen molar-refractivity contribution < 1.29 is 4.79 Å². The highest BCUT2D eigenvalue weighted by atomic mass is 16.1. The molecule has 20 heavy (non-hydrogen) atoms. The van der Waals surface area contributed by atoms with Gasteiger partial charge in [0.25, 0.3) is 5.91 Å².